The molecule has 0 aliphatic heterocycles. The second-order valence-electron chi connectivity index (χ2n) is 2.84. The number of hydrogen-bond acceptors (Lipinski definition) is 2. The summed E-state index contributed by atoms with van der Waals surface area (Å²) in [6.07, 6.45) is 2.74. The predicted octanol–water partition coefficient (Wildman–Crippen LogP) is 0.370. The number of amides is 1. The minimum Gasteiger partial charge on any atom is -0.366 e. The van der Waals surface area contributed by atoms with E-state index in [2.05, 4.69) is 4.90 Å². The summed E-state index contributed by atoms with van der Waals surface area (Å²) in [4.78, 5) is 12.6. The highest BCUT2D eigenvalue weighted by molar-refractivity contribution is 5.91. The third-order valence-electron chi connectivity index (χ3n) is 1.42. The molecule has 1 amide bonds. The van der Waals surface area contributed by atoms with E-state index in [9.17, 15) is 4.79 Å². The van der Waals surface area contributed by atoms with Crippen molar-refractivity contribution < 1.29 is 4.79 Å². The maximum atomic E-state index is 10.5. The van der Waals surface area contributed by atoms with Crippen molar-refractivity contribution in [3.63, 3.8) is 0 Å². The Hall–Kier alpha value is -0.830. The van der Waals surface area contributed by atoms with Gasteiger partial charge in [-0.05, 0) is 27.4 Å². The molecule has 64 valence electrons. The van der Waals surface area contributed by atoms with Crippen LogP contribution in [0.2, 0.25) is 0 Å². The van der Waals surface area contributed by atoms with Crippen molar-refractivity contribution in [1.82, 2.24) is 4.90 Å². The van der Waals surface area contributed by atoms with Gasteiger partial charge in [0.25, 0.3) is 0 Å². The molecule has 0 radical (unpaired) electrons. The number of carbonyl (C=O) groups is 1. The van der Waals surface area contributed by atoms with Crippen LogP contribution in [0.25, 0.3) is 0 Å². The maximum absolute atomic E-state index is 10.5. The molecule has 0 unspecified atom stereocenters. The molecule has 11 heavy (non-hydrogen) atoms. The van der Waals surface area contributed by atoms with Gasteiger partial charge in [-0.25, -0.2) is 0 Å². The van der Waals surface area contributed by atoms with Gasteiger partial charge in [-0.3, -0.25) is 4.79 Å². The van der Waals surface area contributed by atoms with E-state index in [1.54, 1.807) is 6.92 Å². The van der Waals surface area contributed by atoms with Crippen LogP contribution in [0.5, 0.6) is 0 Å². The molecule has 0 saturated heterocycles. The van der Waals surface area contributed by atoms with Gasteiger partial charge in [0.05, 0.1) is 0 Å². The van der Waals surface area contributed by atoms with E-state index in [4.69, 9.17) is 5.73 Å². The monoisotopic (exact) mass is 156 g/mol. The van der Waals surface area contributed by atoms with Gasteiger partial charge >= 0.3 is 0 Å². The zero-order valence-corrected chi connectivity index (χ0v) is 7.42. The van der Waals surface area contributed by atoms with Crippen LogP contribution in [-0.4, -0.2) is 31.4 Å². The fourth-order valence-electron chi connectivity index (χ4n) is 0.640. The normalized spacial score (nSPS) is 12.2. The average molecular weight is 156 g/mol. The summed E-state index contributed by atoms with van der Waals surface area (Å²) in [6.45, 7) is 2.68. The van der Waals surface area contributed by atoms with E-state index in [1.165, 1.54) is 0 Å². The summed E-state index contributed by atoms with van der Waals surface area (Å²) in [6, 6.07) is 0. The number of primary amides is 1. The van der Waals surface area contributed by atoms with E-state index in [1.807, 2.05) is 20.2 Å². The van der Waals surface area contributed by atoms with Crippen LogP contribution in [0.15, 0.2) is 11.6 Å². The van der Waals surface area contributed by atoms with Crippen molar-refractivity contribution in [1.29, 1.82) is 0 Å². The molecule has 0 heterocycles. The van der Waals surface area contributed by atoms with Gasteiger partial charge < -0.3 is 10.6 Å². The van der Waals surface area contributed by atoms with Crippen LogP contribution >= 0.6 is 0 Å². The van der Waals surface area contributed by atoms with E-state index < -0.39 is 0 Å². The smallest absolute Gasteiger partial charge is 0.244 e. The molecule has 0 aromatic carbocycles. The lowest BCUT2D eigenvalue weighted by molar-refractivity contribution is -0.114. The van der Waals surface area contributed by atoms with E-state index in [0.29, 0.717) is 5.57 Å². The highest BCUT2D eigenvalue weighted by atomic mass is 16.1. The van der Waals surface area contributed by atoms with Gasteiger partial charge in [0.15, 0.2) is 0 Å². The van der Waals surface area contributed by atoms with Crippen molar-refractivity contribution in [2.24, 2.45) is 5.73 Å². The van der Waals surface area contributed by atoms with Crippen LogP contribution in [0.3, 0.4) is 0 Å². The van der Waals surface area contributed by atoms with Crippen molar-refractivity contribution in [3.8, 4) is 0 Å². The minimum absolute atomic E-state index is 0.330. The molecule has 2 N–H and O–H groups in total. The molecule has 0 spiro atoms. The Kier molecular flexibility index (Phi) is 4.54. The van der Waals surface area contributed by atoms with Crippen molar-refractivity contribution >= 4 is 5.91 Å². The standard InChI is InChI=1S/C8H16N2O/c1-7(8(9)11)5-4-6-10(2)3/h5H,4,6H2,1-3H3,(H2,9,11). The number of rotatable bonds is 4. The first-order valence-electron chi connectivity index (χ1n) is 3.65. The van der Waals surface area contributed by atoms with Gasteiger partial charge in [0.1, 0.15) is 0 Å². The van der Waals surface area contributed by atoms with Gasteiger partial charge in [0.2, 0.25) is 5.91 Å². The summed E-state index contributed by atoms with van der Waals surface area (Å²) in [5.74, 6) is -0.330. The van der Waals surface area contributed by atoms with Crippen molar-refractivity contribution in [2.75, 3.05) is 20.6 Å². The SMILES string of the molecule is CC(=CCCN(C)C)C(N)=O. The maximum Gasteiger partial charge on any atom is 0.244 e. The fraction of sp³-hybridized carbons (Fsp3) is 0.625. The van der Waals surface area contributed by atoms with Gasteiger partial charge in [-0.15, -0.1) is 0 Å². The number of carbonyl (C=O) groups excluding carboxylic acids is 1. The topological polar surface area (TPSA) is 46.3 Å². The Labute approximate surface area is 67.9 Å². The fourth-order valence-corrected chi connectivity index (χ4v) is 0.640. The quantitative estimate of drug-likeness (QED) is 0.598. The molecule has 0 rings (SSSR count). The average Bonchev–Trinajstić information content (AvgIpc) is 1.86. The first kappa shape index (κ1) is 10.2. The first-order valence-corrected chi connectivity index (χ1v) is 3.65. The Morgan fingerprint density at radius 2 is 2.09 bits per heavy atom. The van der Waals surface area contributed by atoms with Gasteiger partial charge in [0, 0.05) is 12.1 Å². The highest BCUT2D eigenvalue weighted by Crippen LogP contribution is 1.94. The minimum atomic E-state index is -0.330. The van der Waals surface area contributed by atoms with Crippen LogP contribution in [0, 0.1) is 0 Å². The van der Waals surface area contributed by atoms with Crippen LogP contribution in [0.4, 0.5) is 0 Å². The van der Waals surface area contributed by atoms with Gasteiger partial charge in [-0.2, -0.15) is 0 Å². The van der Waals surface area contributed by atoms with Crippen LogP contribution in [0.1, 0.15) is 13.3 Å². The molecule has 0 saturated carbocycles. The van der Waals surface area contributed by atoms with Gasteiger partial charge in [-0.1, -0.05) is 6.08 Å². The summed E-state index contributed by atoms with van der Waals surface area (Å²) < 4.78 is 0. The third-order valence-corrected chi connectivity index (χ3v) is 1.42. The lowest BCUT2D eigenvalue weighted by Crippen LogP contribution is -2.14. The molecule has 0 aromatic rings. The molecule has 0 aromatic heterocycles. The summed E-state index contributed by atoms with van der Waals surface area (Å²) in [5.41, 5.74) is 5.68. The summed E-state index contributed by atoms with van der Waals surface area (Å²) >= 11 is 0. The zero-order chi connectivity index (χ0) is 8.85. The molecular weight excluding hydrogens is 140 g/mol. The van der Waals surface area contributed by atoms with E-state index in [-0.39, 0.29) is 5.91 Å². The molecule has 0 bridgehead atoms. The number of hydrogen-bond donors (Lipinski definition) is 1. The Morgan fingerprint density at radius 1 is 1.55 bits per heavy atom. The number of nitrogens with zero attached hydrogens (tertiary/aromatic N) is 1. The molecule has 0 atom stereocenters. The third kappa shape index (κ3) is 5.61. The second kappa shape index (κ2) is 4.91. The number of nitrogens with two attached hydrogens (primary N) is 1. The largest absolute Gasteiger partial charge is 0.366 e. The summed E-state index contributed by atoms with van der Waals surface area (Å²) in [7, 11) is 3.99. The molecule has 0 fully saturated rings. The second-order valence-corrected chi connectivity index (χ2v) is 2.84. The Bertz CT molecular complexity index is 161. The lowest BCUT2D eigenvalue weighted by Gasteiger charge is -2.06. The van der Waals surface area contributed by atoms with Crippen molar-refractivity contribution in [3.05, 3.63) is 11.6 Å². The van der Waals surface area contributed by atoms with Crippen LogP contribution in [-0.2, 0) is 4.79 Å². The summed E-state index contributed by atoms with van der Waals surface area (Å²) in [5, 5.41) is 0. The Balaban J connectivity index is 3.65. The van der Waals surface area contributed by atoms with E-state index >= 15 is 0 Å². The Morgan fingerprint density at radius 3 is 2.45 bits per heavy atom. The molecule has 0 aliphatic rings. The first-order chi connectivity index (χ1) is 5.04. The molecular formula is C8H16N2O. The lowest BCUT2D eigenvalue weighted by atomic mass is 10.2. The van der Waals surface area contributed by atoms with E-state index in [0.717, 1.165) is 13.0 Å². The zero-order valence-electron chi connectivity index (χ0n) is 7.42. The molecule has 3 nitrogen and oxygen atoms in total. The van der Waals surface area contributed by atoms with Crippen LogP contribution < -0.4 is 5.73 Å². The highest BCUT2D eigenvalue weighted by Gasteiger charge is 1.95. The molecule has 0 aliphatic carbocycles. The van der Waals surface area contributed by atoms with Crippen molar-refractivity contribution in [2.45, 2.75) is 13.3 Å². The predicted molar refractivity (Wildman–Crippen MR) is 46.1 cm³/mol. The molecule has 3 heteroatoms.